The summed E-state index contributed by atoms with van der Waals surface area (Å²) >= 11 is 0. The third-order valence-corrected chi connectivity index (χ3v) is 13.3. The molecule has 22 heteroatoms. The fourth-order valence-electron chi connectivity index (χ4n) is 9.52. The summed E-state index contributed by atoms with van der Waals surface area (Å²) in [5.74, 6) is -3.15. The Kier molecular flexibility index (Phi) is 20.7. The Morgan fingerprint density at radius 2 is 0.962 bits per heavy atom. The van der Waals surface area contributed by atoms with Crippen molar-refractivity contribution >= 4 is 17.9 Å². The number of ether oxygens (including phenoxy) is 12. The van der Waals surface area contributed by atoms with E-state index in [1.165, 1.54) is 26.4 Å². The van der Waals surface area contributed by atoms with Crippen LogP contribution in [0.3, 0.4) is 0 Å². The van der Waals surface area contributed by atoms with Crippen LogP contribution in [0.1, 0.15) is 50.8 Å². The lowest BCUT2D eigenvalue weighted by atomic mass is 9.93. The van der Waals surface area contributed by atoms with E-state index in [1.54, 1.807) is 78.9 Å². The van der Waals surface area contributed by atoms with Gasteiger partial charge in [-0.25, -0.2) is 14.4 Å². The number of carboxylic acid groups (broad SMARTS) is 1. The van der Waals surface area contributed by atoms with Gasteiger partial charge in [0.25, 0.3) is 0 Å². The van der Waals surface area contributed by atoms with E-state index in [0.29, 0.717) is 5.56 Å². The van der Waals surface area contributed by atoms with Gasteiger partial charge in [-0.15, -0.1) is 0 Å². The Labute approximate surface area is 449 Å². The zero-order valence-electron chi connectivity index (χ0n) is 42.9. The van der Waals surface area contributed by atoms with Gasteiger partial charge in [-0.1, -0.05) is 145 Å². The highest BCUT2D eigenvalue weighted by molar-refractivity contribution is 5.90. The molecule has 15 atom stereocenters. The van der Waals surface area contributed by atoms with Crippen LogP contribution in [0.15, 0.2) is 162 Å². The van der Waals surface area contributed by atoms with Crippen molar-refractivity contribution in [3.8, 4) is 0 Å². The second-order valence-electron chi connectivity index (χ2n) is 18.3. The number of hydrogen-bond donors (Lipinski definition) is 1. The van der Waals surface area contributed by atoms with E-state index in [2.05, 4.69) is 20.1 Å². The first kappa shape index (κ1) is 56.9. The number of nitrogens with zero attached hydrogens (tertiary/aromatic N) is 6. The number of aliphatic carboxylic acids is 1. The molecule has 0 bridgehead atoms. The molecule has 8 rings (SSSR count). The van der Waals surface area contributed by atoms with Crippen molar-refractivity contribution in [3.63, 3.8) is 0 Å². The molecular formula is C56H60N6O16. The highest BCUT2D eigenvalue weighted by atomic mass is 16.8. The average molecular weight is 1070 g/mol. The molecule has 3 saturated heterocycles. The molecule has 0 aliphatic carbocycles. The zero-order chi connectivity index (χ0) is 54.8. The molecule has 410 valence electrons. The first-order chi connectivity index (χ1) is 38.1. The number of carbonyl (C=O) groups excluding carboxylic acids is 2. The molecule has 5 aromatic carbocycles. The minimum Gasteiger partial charge on any atom is -0.479 e. The van der Waals surface area contributed by atoms with Crippen molar-refractivity contribution in [3.05, 3.63) is 200 Å². The van der Waals surface area contributed by atoms with Crippen LogP contribution in [0, 0.1) is 0 Å². The van der Waals surface area contributed by atoms with Gasteiger partial charge in [0.15, 0.2) is 31.1 Å². The molecule has 0 amide bonds. The minimum atomic E-state index is -2.04. The first-order valence-electron chi connectivity index (χ1n) is 25.2. The van der Waals surface area contributed by atoms with E-state index in [1.807, 2.05) is 67.6 Å². The number of carbonyl (C=O) groups is 3. The summed E-state index contributed by atoms with van der Waals surface area (Å²) in [5, 5.41) is 19.4. The summed E-state index contributed by atoms with van der Waals surface area (Å²) in [6, 6.07) is 40.9. The number of esters is 2. The summed E-state index contributed by atoms with van der Waals surface area (Å²) in [7, 11) is 2.77. The number of azide groups is 2. The van der Waals surface area contributed by atoms with E-state index < -0.39 is 117 Å². The molecule has 1 N–H and O–H groups in total. The van der Waals surface area contributed by atoms with Crippen LogP contribution in [0.2, 0.25) is 0 Å². The lowest BCUT2D eigenvalue weighted by Crippen LogP contribution is -2.68. The Balaban J connectivity index is 1.22. The SMILES string of the molecule is CCC1OC(OC)[C@H](N=[N+]=[N-])[C@@H](OCc2ccccc2)C1O[C@H]1O[C@@H](C(=O)O)[C@@H](OC2OC(COC(=O)c3ccccc3)C(OC)[C@H](OCc3ccccc3)[C@H]2N=[N+]=[N-])C(OCc2ccccc2)C1OC(=O)c1ccccc1. The Morgan fingerprint density at radius 3 is 1.44 bits per heavy atom. The summed E-state index contributed by atoms with van der Waals surface area (Å²) in [6.07, 6.45) is -18.3. The Hall–Kier alpha value is -7.27. The van der Waals surface area contributed by atoms with Gasteiger partial charge >= 0.3 is 17.9 Å². The van der Waals surface area contributed by atoms with Gasteiger partial charge in [0.1, 0.15) is 61.4 Å². The molecule has 3 fully saturated rings. The molecule has 22 nitrogen and oxygen atoms in total. The van der Waals surface area contributed by atoms with Gasteiger partial charge in [-0.05, 0) is 58.4 Å². The van der Waals surface area contributed by atoms with Crippen LogP contribution in [-0.2, 0) is 81.5 Å². The van der Waals surface area contributed by atoms with Crippen LogP contribution >= 0.6 is 0 Å². The molecule has 5 aromatic rings. The monoisotopic (exact) mass is 1070 g/mol. The predicted octanol–water partition coefficient (Wildman–Crippen LogP) is 8.28. The fourth-order valence-corrected chi connectivity index (χ4v) is 9.52. The Bertz CT molecular complexity index is 2780. The van der Waals surface area contributed by atoms with Crippen molar-refractivity contribution in [1.29, 1.82) is 0 Å². The molecule has 0 radical (unpaired) electrons. The van der Waals surface area contributed by atoms with Gasteiger partial charge in [0.2, 0.25) is 0 Å². The standard InChI is InChI=1S/C56H60N6O16/c1-4-39-44(46(41(59-61-57)54(68-3)73-39)70-31-35-22-12-6-13-23-35)76-56-50(75-53(66)38-28-18-9-19-29-38)47(71-32-36-24-14-7-15-25-36)48(49(78-56)51(63)64)77-55-42(60-62-58)45(69-30-34-20-10-5-11-21-34)43(67-2)40(74-55)33-72-52(65)37-26-16-8-17-27-37/h5-29,39-50,54-56H,4,30-33H2,1-3H3,(H,63,64)/t39?,40?,41-,42-,43?,44?,45-,46-,47?,48+,49-,50?,54?,55?,56+/m1/s1. The van der Waals surface area contributed by atoms with Crippen LogP contribution in [0.25, 0.3) is 20.9 Å². The predicted molar refractivity (Wildman–Crippen MR) is 275 cm³/mol. The molecule has 0 spiro atoms. The van der Waals surface area contributed by atoms with Crippen molar-refractivity contribution in [2.24, 2.45) is 10.2 Å². The maximum Gasteiger partial charge on any atom is 0.338 e. The molecule has 3 aliphatic rings. The van der Waals surface area contributed by atoms with Crippen LogP contribution in [0.4, 0.5) is 0 Å². The zero-order valence-corrected chi connectivity index (χ0v) is 42.9. The third kappa shape index (κ3) is 14.3. The van der Waals surface area contributed by atoms with Gasteiger partial charge in [-0.3, -0.25) is 0 Å². The normalized spacial score (nSPS) is 28.7. The van der Waals surface area contributed by atoms with Crippen LogP contribution in [-0.4, -0.2) is 136 Å². The second-order valence-corrected chi connectivity index (χ2v) is 18.3. The van der Waals surface area contributed by atoms with E-state index >= 15 is 0 Å². The van der Waals surface area contributed by atoms with Crippen LogP contribution < -0.4 is 0 Å². The largest absolute Gasteiger partial charge is 0.479 e. The average Bonchev–Trinajstić information content (AvgIpc) is 3.64. The molecule has 0 saturated carbocycles. The lowest BCUT2D eigenvalue weighted by Gasteiger charge is -2.50. The highest BCUT2D eigenvalue weighted by Crippen LogP contribution is 2.39. The van der Waals surface area contributed by atoms with E-state index in [-0.39, 0.29) is 37.4 Å². The smallest absolute Gasteiger partial charge is 0.338 e. The maximum atomic E-state index is 14.4. The summed E-state index contributed by atoms with van der Waals surface area (Å²) < 4.78 is 76.6. The molecule has 3 aliphatic heterocycles. The maximum absolute atomic E-state index is 14.4. The molecule has 3 heterocycles. The van der Waals surface area contributed by atoms with Crippen LogP contribution in [0.5, 0.6) is 0 Å². The topological polar surface area (TPSA) is 280 Å². The number of carboxylic acids is 1. The number of rotatable bonds is 24. The van der Waals surface area contributed by atoms with E-state index in [4.69, 9.17) is 56.8 Å². The minimum absolute atomic E-state index is 0.00424. The Morgan fingerprint density at radius 1 is 0.513 bits per heavy atom. The van der Waals surface area contributed by atoms with Gasteiger partial charge in [0.05, 0.1) is 37.1 Å². The second kappa shape index (κ2) is 28.4. The van der Waals surface area contributed by atoms with Gasteiger partial charge in [-0.2, -0.15) is 0 Å². The van der Waals surface area contributed by atoms with Gasteiger partial charge < -0.3 is 61.9 Å². The van der Waals surface area contributed by atoms with Crippen molar-refractivity contribution < 1.29 is 76.3 Å². The fraction of sp³-hybridized carbons (Fsp3) is 0.411. The van der Waals surface area contributed by atoms with Gasteiger partial charge in [0, 0.05) is 24.0 Å². The van der Waals surface area contributed by atoms with Crippen molar-refractivity contribution in [2.75, 3.05) is 20.8 Å². The molecular weight excluding hydrogens is 1010 g/mol. The highest BCUT2D eigenvalue weighted by Gasteiger charge is 2.58. The van der Waals surface area contributed by atoms with E-state index in [0.717, 1.165) is 11.1 Å². The summed E-state index contributed by atoms with van der Waals surface area (Å²) in [5.41, 5.74) is 22.5. The van der Waals surface area contributed by atoms with Crippen molar-refractivity contribution in [1.82, 2.24) is 0 Å². The molecule has 0 aromatic heterocycles. The summed E-state index contributed by atoms with van der Waals surface area (Å²) in [6.45, 7) is 1.14. The number of benzene rings is 5. The number of hydrogen-bond acceptors (Lipinski definition) is 17. The summed E-state index contributed by atoms with van der Waals surface area (Å²) in [4.78, 5) is 48.0. The molecule has 78 heavy (non-hydrogen) atoms. The number of methoxy groups -OCH3 is 2. The van der Waals surface area contributed by atoms with E-state index in [9.17, 15) is 30.6 Å². The third-order valence-electron chi connectivity index (χ3n) is 13.3. The first-order valence-corrected chi connectivity index (χ1v) is 25.2. The lowest BCUT2D eigenvalue weighted by molar-refractivity contribution is -0.366. The molecule has 8 unspecified atom stereocenters. The quantitative estimate of drug-likeness (QED) is 0.0263. The van der Waals surface area contributed by atoms with Crippen molar-refractivity contribution in [2.45, 2.75) is 125 Å².